The van der Waals surface area contributed by atoms with Crippen LogP contribution in [0.25, 0.3) is 21.3 Å². The topological polar surface area (TPSA) is 92.8 Å². The Kier molecular flexibility index (Phi) is 6.24. The number of anilines is 1. The molecule has 0 radical (unpaired) electrons. The minimum Gasteiger partial charge on any atom is -0.376 e. The van der Waals surface area contributed by atoms with Gasteiger partial charge in [0.05, 0.1) is 17.2 Å². The highest BCUT2D eigenvalue weighted by Crippen LogP contribution is 2.35. The first-order valence-corrected chi connectivity index (χ1v) is 12.8. The summed E-state index contributed by atoms with van der Waals surface area (Å²) in [5.41, 5.74) is 1.49. The number of thiophene rings is 1. The largest absolute Gasteiger partial charge is 0.376 e. The summed E-state index contributed by atoms with van der Waals surface area (Å²) in [5.74, 6) is 1.12. The van der Waals surface area contributed by atoms with Crippen LogP contribution in [0.4, 0.5) is 5.13 Å². The second kappa shape index (κ2) is 9.25. The quantitative estimate of drug-likeness (QED) is 0.350. The lowest BCUT2D eigenvalue weighted by Crippen LogP contribution is -2.18. The molecule has 1 saturated heterocycles. The molecular formula is C20H18ClN5O2S3. The number of benzene rings is 1. The Morgan fingerprint density at radius 2 is 2.19 bits per heavy atom. The number of nitrogens with zero attached hydrogens (tertiary/aromatic N) is 3. The van der Waals surface area contributed by atoms with Gasteiger partial charge in [0.25, 0.3) is 5.56 Å². The van der Waals surface area contributed by atoms with E-state index < -0.39 is 0 Å². The van der Waals surface area contributed by atoms with E-state index in [1.807, 2.05) is 29.6 Å². The number of ether oxygens (including phenoxy) is 1. The third-order valence-corrected chi connectivity index (χ3v) is 8.13. The lowest BCUT2D eigenvalue weighted by Gasteiger charge is -2.08. The lowest BCUT2D eigenvalue weighted by atomic mass is 10.1. The average molecular weight is 492 g/mol. The second-order valence-corrected chi connectivity index (χ2v) is 10.5. The van der Waals surface area contributed by atoms with Crippen LogP contribution in [0.5, 0.6) is 0 Å². The van der Waals surface area contributed by atoms with Crippen LogP contribution < -0.4 is 10.9 Å². The van der Waals surface area contributed by atoms with Crippen LogP contribution in [-0.4, -0.2) is 39.4 Å². The van der Waals surface area contributed by atoms with Gasteiger partial charge in [-0.3, -0.25) is 4.79 Å². The van der Waals surface area contributed by atoms with Gasteiger partial charge in [-0.25, -0.2) is 4.98 Å². The van der Waals surface area contributed by atoms with Gasteiger partial charge in [0.2, 0.25) is 5.13 Å². The van der Waals surface area contributed by atoms with Gasteiger partial charge in [0.15, 0.2) is 4.34 Å². The van der Waals surface area contributed by atoms with Gasteiger partial charge in [0.1, 0.15) is 10.7 Å². The Labute approximate surface area is 195 Å². The molecule has 7 nitrogen and oxygen atoms in total. The molecule has 1 aliphatic heterocycles. The first-order chi connectivity index (χ1) is 15.2. The van der Waals surface area contributed by atoms with E-state index >= 15 is 0 Å². The zero-order valence-corrected chi connectivity index (χ0v) is 19.5. The van der Waals surface area contributed by atoms with Gasteiger partial charge in [-0.05, 0) is 18.9 Å². The third kappa shape index (κ3) is 4.63. The van der Waals surface area contributed by atoms with E-state index in [1.54, 1.807) is 0 Å². The number of aromatic amines is 1. The maximum absolute atomic E-state index is 12.8. The molecule has 1 fully saturated rings. The van der Waals surface area contributed by atoms with Crippen molar-refractivity contribution in [2.24, 2.45) is 0 Å². The van der Waals surface area contributed by atoms with Crippen LogP contribution in [0.3, 0.4) is 0 Å². The fourth-order valence-corrected chi connectivity index (χ4v) is 6.24. The van der Waals surface area contributed by atoms with Crippen LogP contribution in [0.15, 0.2) is 38.8 Å². The monoisotopic (exact) mass is 491 g/mol. The Morgan fingerprint density at radius 3 is 3.03 bits per heavy atom. The molecule has 0 unspecified atom stereocenters. The van der Waals surface area contributed by atoms with Gasteiger partial charge < -0.3 is 15.0 Å². The Bertz CT molecular complexity index is 1270. The van der Waals surface area contributed by atoms with E-state index in [2.05, 4.69) is 25.5 Å². The molecule has 1 aromatic carbocycles. The first kappa shape index (κ1) is 20.9. The van der Waals surface area contributed by atoms with Crippen molar-refractivity contribution in [3.63, 3.8) is 0 Å². The summed E-state index contributed by atoms with van der Waals surface area (Å²) in [4.78, 5) is 21.1. The van der Waals surface area contributed by atoms with Crippen LogP contribution in [0.1, 0.15) is 18.7 Å². The van der Waals surface area contributed by atoms with E-state index in [4.69, 9.17) is 16.3 Å². The highest BCUT2D eigenvalue weighted by molar-refractivity contribution is 8.00. The van der Waals surface area contributed by atoms with Crippen molar-refractivity contribution in [3.05, 3.63) is 50.8 Å². The molecule has 0 bridgehead atoms. The molecular weight excluding hydrogens is 474 g/mol. The Morgan fingerprint density at radius 1 is 1.29 bits per heavy atom. The van der Waals surface area contributed by atoms with Crippen molar-refractivity contribution in [3.8, 4) is 11.1 Å². The smallest absolute Gasteiger partial charge is 0.260 e. The number of fused-ring (bicyclic) bond motifs is 1. The highest BCUT2D eigenvalue weighted by atomic mass is 35.5. The molecule has 160 valence electrons. The minimum absolute atomic E-state index is 0.159. The zero-order valence-electron chi connectivity index (χ0n) is 16.3. The van der Waals surface area contributed by atoms with Crippen LogP contribution in [0, 0.1) is 0 Å². The molecule has 1 atom stereocenters. The van der Waals surface area contributed by atoms with Gasteiger partial charge in [-0.15, -0.1) is 21.5 Å². The fourth-order valence-electron chi connectivity index (χ4n) is 3.42. The van der Waals surface area contributed by atoms with E-state index in [9.17, 15) is 4.79 Å². The molecule has 0 aliphatic carbocycles. The number of H-pyrrole nitrogens is 1. The molecule has 3 aromatic heterocycles. The number of thioether (sulfide) groups is 1. The summed E-state index contributed by atoms with van der Waals surface area (Å²) < 4.78 is 6.43. The standard InChI is InChI=1S/C20H18ClN5O2S3/c21-14-6-2-1-5-12(14)13-9-29-18-16(13)17(27)23-15(24-18)10-30-20-26-25-19(31-20)22-8-11-4-3-7-28-11/h1-2,5-6,9,11H,3-4,7-8,10H2,(H,22,25)(H,23,24,27)/t11-/m0/s1. The molecule has 0 amide bonds. The lowest BCUT2D eigenvalue weighted by molar-refractivity contribution is 0.120. The predicted octanol–water partition coefficient (Wildman–Crippen LogP) is 5.04. The summed E-state index contributed by atoms with van der Waals surface area (Å²) >= 11 is 10.8. The van der Waals surface area contributed by atoms with Crippen molar-refractivity contribution in [2.75, 3.05) is 18.5 Å². The summed E-state index contributed by atoms with van der Waals surface area (Å²) in [5, 5.41) is 15.6. The molecule has 0 saturated carbocycles. The number of nitrogens with one attached hydrogen (secondary N) is 2. The molecule has 2 N–H and O–H groups in total. The van der Waals surface area contributed by atoms with Gasteiger partial charge in [-0.2, -0.15) is 0 Å². The number of hydrogen-bond acceptors (Lipinski definition) is 9. The van der Waals surface area contributed by atoms with Crippen molar-refractivity contribution >= 4 is 61.4 Å². The second-order valence-electron chi connectivity index (χ2n) is 7.00. The van der Waals surface area contributed by atoms with E-state index in [0.29, 0.717) is 26.8 Å². The molecule has 5 rings (SSSR count). The third-order valence-electron chi connectivity index (χ3n) is 4.90. The summed E-state index contributed by atoms with van der Waals surface area (Å²) in [7, 11) is 0. The van der Waals surface area contributed by atoms with Crippen molar-refractivity contribution in [1.82, 2.24) is 20.2 Å². The van der Waals surface area contributed by atoms with Crippen LogP contribution >= 0.6 is 46.0 Å². The maximum Gasteiger partial charge on any atom is 0.260 e. The summed E-state index contributed by atoms with van der Waals surface area (Å²) in [6.45, 7) is 1.58. The number of halogens is 1. The average Bonchev–Trinajstić information content (AvgIpc) is 3.52. The van der Waals surface area contributed by atoms with Crippen molar-refractivity contribution < 1.29 is 4.74 Å². The number of rotatable bonds is 7. The van der Waals surface area contributed by atoms with E-state index in [0.717, 1.165) is 46.6 Å². The number of aromatic nitrogens is 4. The van der Waals surface area contributed by atoms with Crippen molar-refractivity contribution in [1.29, 1.82) is 0 Å². The summed E-state index contributed by atoms with van der Waals surface area (Å²) in [6, 6.07) is 7.50. The molecule has 11 heteroatoms. The molecule has 31 heavy (non-hydrogen) atoms. The van der Waals surface area contributed by atoms with E-state index in [-0.39, 0.29) is 11.7 Å². The highest BCUT2D eigenvalue weighted by Gasteiger charge is 2.17. The first-order valence-electron chi connectivity index (χ1n) is 9.74. The maximum atomic E-state index is 12.8. The Balaban J connectivity index is 1.28. The van der Waals surface area contributed by atoms with Crippen LogP contribution in [0.2, 0.25) is 5.02 Å². The Hall–Kier alpha value is -1.98. The van der Waals surface area contributed by atoms with Crippen LogP contribution in [-0.2, 0) is 10.5 Å². The van der Waals surface area contributed by atoms with E-state index in [1.165, 1.54) is 34.4 Å². The molecule has 4 heterocycles. The number of hydrogen-bond donors (Lipinski definition) is 2. The SMILES string of the molecule is O=c1[nH]c(CSc2nnc(NC[C@@H]3CCCO3)s2)nc2scc(-c3ccccc3Cl)c12. The van der Waals surface area contributed by atoms with Crippen molar-refractivity contribution in [2.45, 2.75) is 29.0 Å². The normalized spacial score (nSPS) is 16.2. The van der Waals surface area contributed by atoms with Gasteiger partial charge in [-0.1, -0.05) is 52.9 Å². The fraction of sp³-hybridized carbons (Fsp3) is 0.300. The molecule has 0 spiro atoms. The molecule has 4 aromatic rings. The van der Waals surface area contributed by atoms with Gasteiger partial charge in [0, 0.05) is 34.7 Å². The zero-order chi connectivity index (χ0) is 21.2. The summed E-state index contributed by atoms with van der Waals surface area (Å²) in [6.07, 6.45) is 2.45. The van der Waals surface area contributed by atoms with Gasteiger partial charge >= 0.3 is 0 Å². The predicted molar refractivity (Wildman–Crippen MR) is 128 cm³/mol. The minimum atomic E-state index is -0.159. The molecule has 1 aliphatic rings.